The van der Waals surface area contributed by atoms with E-state index in [2.05, 4.69) is 64.1 Å². The van der Waals surface area contributed by atoms with Crippen molar-refractivity contribution in [1.82, 2.24) is 0 Å². The summed E-state index contributed by atoms with van der Waals surface area (Å²) < 4.78 is 12.6. The van der Waals surface area contributed by atoms with Gasteiger partial charge in [-0.25, -0.2) is 0 Å². The third-order valence-corrected chi connectivity index (χ3v) is 4.65. The number of ether oxygens (including phenoxy) is 2. The van der Waals surface area contributed by atoms with E-state index in [1.54, 1.807) is 0 Å². The molecule has 0 saturated heterocycles. The predicted molar refractivity (Wildman–Crippen MR) is 83.2 cm³/mol. The van der Waals surface area contributed by atoms with Gasteiger partial charge < -0.3 is 9.47 Å². The first-order valence-corrected chi connectivity index (χ1v) is 7.52. The highest BCUT2D eigenvalue weighted by atomic mass is 16.5. The van der Waals surface area contributed by atoms with Crippen molar-refractivity contribution >= 4 is 0 Å². The molecule has 2 aromatic rings. The summed E-state index contributed by atoms with van der Waals surface area (Å²) >= 11 is 0. The summed E-state index contributed by atoms with van der Waals surface area (Å²) in [4.78, 5) is 0. The Morgan fingerprint density at radius 1 is 0.857 bits per heavy atom. The van der Waals surface area contributed by atoms with Gasteiger partial charge in [-0.05, 0) is 45.9 Å². The van der Waals surface area contributed by atoms with Crippen molar-refractivity contribution in [2.75, 3.05) is 0 Å². The highest BCUT2D eigenvalue weighted by molar-refractivity contribution is 5.52. The zero-order valence-electron chi connectivity index (χ0n) is 12.9. The van der Waals surface area contributed by atoms with Crippen LogP contribution in [0.25, 0.3) is 0 Å². The van der Waals surface area contributed by atoms with Gasteiger partial charge in [0, 0.05) is 11.1 Å². The van der Waals surface area contributed by atoms with Crippen LogP contribution in [0, 0.1) is 13.8 Å². The fourth-order valence-electron chi connectivity index (χ4n) is 3.70. The molecule has 2 heterocycles. The highest BCUT2D eigenvalue weighted by Gasteiger charge is 2.50. The van der Waals surface area contributed by atoms with Gasteiger partial charge in [0.25, 0.3) is 0 Å². The molecule has 2 atom stereocenters. The van der Waals surface area contributed by atoms with E-state index in [-0.39, 0.29) is 17.6 Å². The first-order valence-electron chi connectivity index (χ1n) is 7.52. The average molecular weight is 280 g/mol. The lowest BCUT2D eigenvalue weighted by atomic mass is 9.77. The minimum atomic E-state index is -0.272. The molecular formula is C19H20O2. The van der Waals surface area contributed by atoms with E-state index >= 15 is 0 Å². The summed E-state index contributed by atoms with van der Waals surface area (Å²) in [6.45, 7) is 8.56. The van der Waals surface area contributed by atoms with Crippen LogP contribution >= 0.6 is 0 Å². The molecule has 21 heavy (non-hydrogen) atoms. The van der Waals surface area contributed by atoms with Gasteiger partial charge in [-0.15, -0.1) is 0 Å². The molecule has 0 radical (unpaired) electrons. The Hall–Kier alpha value is -1.96. The lowest BCUT2D eigenvalue weighted by molar-refractivity contribution is 0.0129. The Morgan fingerprint density at radius 2 is 1.48 bits per heavy atom. The molecule has 0 amide bonds. The second-order valence-electron chi connectivity index (χ2n) is 6.80. The molecule has 0 spiro atoms. The first-order chi connectivity index (χ1) is 9.95. The first kappa shape index (κ1) is 12.8. The normalized spacial score (nSPS) is 24.4. The van der Waals surface area contributed by atoms with Crippen LogP contribution in [0.3, 0.4) is 0 Å². The second kappa shape index (κ2) is 4.03. The van der Waals surface area contributed by atoms with Crippen molar-refractivity contribution in [3.63, 3.8) is 0 Å². The van der Waals surface area contributed by atoms with E-state index in [4.69, 9.17) is 9.47 Å². The summed E-state index contributed by atoms with van der Waals surface area (Å²) in [5.74, 6) is 2.19. The van der Waals surface area contributed by atoms with Crippen LogP contribution in [-0.4, -0.2) is 5.60 Å². The maximum atomic E-state index is 6.30. The molecule has 2 aliphatic rings. The fraction of sp³-hybridized carbons (Fsp3) is 0.368. The Morgan fingerprint density at radius 3 is 2.19 bits per heavy atom. The minimum Gasteiger partial charge on any atom is -0.487 e. The molecule has 4 rings (SSSR count). The summed E-state index contributed by atoms with van der Waals surface area (Å²) in [6.07, 6.45) is 0.0560. The molecule has 0 bridgehead atoms. The van der Waals surface area contributed by atoms with Crippen molar-refractivity contribution in [3.8, 4) is 11.5 Å². The molecule has 2 aliphatic heterocycles. The molecule has 0 saturated carbocycles. The molecule has 0 fully saturated rings. The van der Waals surface area contributed by atoms with Crippen molar-refractivity contribution < 1.29 is 9.47 Å². The molecule has 0 N–H and O–H groups in total. The van der Waals surface area contributed by atoms with Crippen LogP contribution in [0.5, 0.6) is 11.5 Å². The number of fused-ring (bicyclic) bond motifs is 5. The lowest BCUT2D eigenvalue weighted by Crippen LogP contribution is -2.42. The van der Waals surface area contributed by atoms with Crippen molar-refractivity contribution in [1.29, 1.82) is 0 Å². The molecule has 2 heteroatoms. The Labute approximate surface area is 125 Å². The molecule has 2 aromatic carbocycles. The molecule has 0 aliphatic carbocycles. The van der Waals surface area contributed by atoms with Gasteiger partial charge in [0.05, 0.1) is 5.92 Å². The smallest absolute Gasteiger partial charge is 0.138 e. The SMILES string of the molecule is Cc1ccc2c(c1)[C@H]1Oc3ccc(C)cc3[C@H]1C(C)(C)O2. The van der Waals surface area contributed by atoms with Crippen LogP contribution in [0.4, 0.5) is 0 Å². The lowest BCUT2D eigenvalue weighted by Gasteiger charge is -2.41. The van der Waals surface area contributed by atoms with E-state index in [9.17, 15) is 0 Å². The van der Waals surface area contributed by atoms with Crippen molar-refractivity contribution in [2.45, 2.75) is 45.3 Å². The van der Waals surface area contributed by atoms with Crippen LogP contribution in [0.1, 0.15) is 48.1 Å². The average Bonchev–Trinajstić information content (AvgIpc) is 2.79. The third kappa shape index (κ3) is 1.78. The minimum absolute atomic E-state index is 0.0560. The second-order valence-corrected chi connectivity index (χ2v) is 6.80. The number of hydrogen-bond donors (Lipinski definition) is 0. The number of rotatable bonds is 0. The molecule has 0 unspecified atom stereocenters. The quantitative estimate of drug-likeness (QED) is 0.697. The number of aryl methyl sites for hydroxylation is 2. The molecule has 108 valence electrons. The third-order valence-electron chi connectivity index (χ3n) is 4.65. The Balaban J connectivity index is 1.92. The van der Waals surface area contributed by atoms with Crippen molar-refractivity contribution in [3.05, 3.63) is 58.7 Å². The highest BCUT2D eigenvalue weighted by Crippen LogP contribution is 2.57. The number of benzene rings is 2. The Kier molecular flexibility index (Phi) is 2.45. The van der Waals surface area contributed by atoms with Gasteiger partial charge >= 0.3 is 0 Å². The molecular weight excluding hydrogens is 260 g/mol. The van der Waals surface area contributed by atoms with Gasteiger partial charge in [-0.2, -0.15) is 0 Å². The largest absolute Gasteiger partial charge is 0.487 e. The van der Waals surface area contributed by atoms with E-state index in [0.29, 0.717) is 0 Å². The zero-order valence-corrected chi connectivity index (χ0v) is 12.9. The summed E-state index contributed by atoms with van der Waals surface area (Å²) in [7, 11) is 0. The summed E-state index contributed by atoms with van der Waals surface area (Å²) in [6, 6.07) is 12.8. The Bertz CT molecular complexity index is 730. The summed E-state index contributed by atoms with van der Waals surface area (Å²) in [5, 5.41) is 0. The van der Waals surface area contributed by atoms with Gasteiger partial charge in [0.15, 0.2) is 0 Å². The van der Waals surface area contributed by atoms with Crippen molar-refractivity contribution in [2.24, 2.45) is 0 Å². The van der Waals surface area contributed by atoms with Gasteiger partial charge in [-0.3, -0.25) is 0 Å². The van der Waals surface area contributed by atoms with Gasteiger partial charge in [0.1, 0.15) is 23.2 Å². The maximum Gasteiger partial charge on any atom is 0.138 e. The zero-order chi connectivity index (χ0) is 14.8. The van der Waals surface area contributed by atoms with Crippen LogP contribution in [-0.2, 0) is 0 Å². The standard InChI is InChI=1S/C19H20O2/c1-11-5-7-15-13(9-11)17-18(20-15)14-10-12(2)6-8-16(14)21-19(17,3)4/h5-10,17-18H,1-4H3/t17-,18-/m1/s1. The maximum absolute atomic E-state index is 6.30. The van der Waals surface area contributed by atoms with E-state index < -0.39 is 0 Å². The van der Waals surface area contributed by atoms with Crippen LogP contribution in [0.15, 0.2) is 36.4 Å². The molecule has 2 nitrogen and oxygen atoms in total. The van der Waals surface area contributed by atoms with E-state index in [1.807, 2.05) is 0 Å². The molecule has 0 aromatic heterocycles. The monoisotopic (exact) mass is 280 g/mol. The van der Waals surface area contributed by atoms with Crippen LogP contribution in [0.2, 0.25) is 0 Å². The van der Waals surface area contributed by atoms with E-state index in [0.717, 1.165) is 11.5 Å². The fourth-order valence-corrected chi connectivity index (χ4v) is 3.70. The summed E-state index contributed by atoms with van der Waals surface area (Å²) in [5.41, 5.74) is 4.69. The van der Waals surface area contributed by atoms with Gasteiger partial charge in [0.2, 0.25) is 0 Å². The van der Waals surface area contributed by atoms with Crippen LogP contribution < -0.4 is 9.47 Å². The topological polar surface area (TPSA) is 18.5 Å². The number of hydrogen-bond acceptors (Lipinski definition) is 2. The van der Waals surface area contributed by atoms with E-state index in [1.165, 1.54) is 22.3 Å². The van der Waals surface area contributed by atoms with Gasteiger partial charge in [-0.1, -0.05) is 29.3 Å². The predicted octanol–water partition coefficient (Wildman–Crippen LogP) is 4.69.